The number of carbonyl (C=O) groups excluding carboxylic acids is 3. The van der Waals surface area contributed by atoms with Crippen molar-refractivity contribution in [1.82, 2.24) is 4.90 Å². The molecule has 30 heavy (non-hydrogen) atoms. The van der Waals surface area contributed by atoms with Crippen molar-refractivity contribution >= 4 is 63.2 Å². The van der Waals surface area contributed by atoms with Gasteiger partial charge in [-0.05, 0) is 83.6 Å². The quantitative estimate of drug-likeness (QED) is 0.419. The zero-order valence-electron chi connectivity index (χ0n) is 16.3. The summed E-state index contributed by atoms with van der Waals surface area (Å²) in [6, 6.07) is 10.5. The number of aromatic hydroxyl groups is 1. The van der Waals surface area contributed by atoms with Gasteiger partial charge in [-0.15, -0.1) is 0 Å². The van der Waals surface area contributed by atoms with E-state index in [2.05, 4.69) is 5.32 Å². The number of ether oxygens (including phenoxy) is 1. The number of thioether (sulfide) groups is 1. The van der Waals surface area contributed by atoms with E-state index in [-0.39, 0.29) is 17.2 Å². The number of hydrogen-bond donors (Lipinski definition) is 2. The van der Waals surface area contributed by atoms with Gasteiger partial charge in [0.2, 0.25) is 5.91 Å². The number of amides is 3. The second kappa shape index (κ2) is 9.52. The van der Waals surface area contributed by atoms with Gasteiger partial charge in [0, 0.05) is 5.69 Å². The number of nitrogens with one attached hydrogen (secondary N) is 1. The molecule has 2 N–H and O–H groups in total. The molecular weight excluding hydrogens is 519 g/mol. The number of anilines is 1. The van der Waals surface area contributed by atoms with Crippen LogP contribution in [0, 0.1) is 10.5 Å². The summed E-state index contributed by atoms with van der Waals surface area (Å²) in [6.45, 7) is 3.66. The van der Waals surface area contributed by atoms with Crippen LogP contribution in [0.3, 0.4) is 0 Å². The SMILES string of the molecule is CCOc1cc(/C=C2\SC(=O)N(CC(=O)Nc3ccccc3C)C2=O)cc(I)c1O. The fourth-order valence-corrected chi connectivity index (χ4v) is 4.24. The highest BCUT2D eigenvalue weighted by atomic mass is 127. The summed E-state index contributed by atoms with van der Waals surface area (Å²) in [4.78, 5) is 38.5. The Balaban J connectivity index is 1.76. The second-order valence-electron chi connectivity index (χ2n) is 6.41. The standard InChI is InChI=1S/C21H19IN2O5S/c1-3-29-16-9-13(8-14(22)19(16)26)10-17-20(27)24(21(28)30-17)11-18(25)23-15-7-5-4-6-12(15)2/h4-10,26H,3,11H2,1-2H3,(H,23,25)/b17-10-. The first-order valence-corrected chi connectivity index (χ1v) is 11.0. The lowest BCUT2D eigenvalue weighted by Crippen LogP contribution is -2.36. The topological polar surface area (TPSA) is 95.9 Å². The third-order valence-electron chi connectivity index (χ3n) is 4.24. The summed E-state index contributed by atoms with van der Waals surface area (Å²) in [7, 11) is 0. The molecule has 0 spiro atoms. The Kier molecular flexibility index (Phi) is 7.03. The van der Waals surface area contributed by atoms with Crippen molar-refractivity contribution in [2.75, 3.05) is 18.5 Å². The predicted molar refractivity (Wildman–Crippen MR) is 124 cm³/mol. The molecule has 1 aliphatic heterocycles. The van der Waals surface area contributed by atoms with Gasteiger partial charge in [-0.2, -0.15) is 0 Å². The lowest BCUT2D eigenvalue weighted by atomic mass is 10.2. The molecule has 2 aromatic carbocycles. The number of halogens is 1. The Morgan fingerprint density at radius 1 is 1.30 bits per heavy atom. The van der Waals surface area contributed by atoms with Crippen LogP contribution in [0.5, 0.6) is 11.5 Å². The number of rotatable bonds is 6. The largest absolute Gasteiger partial charge is 0.504 e. The summed E-state index contributed by atoms with van der Waals surface area (Å²) < 4.78 is 5.96. The fourth-order valence-electron chi connectivity index (χ4n) is 2.78. The monoisotopic (exact) mass is 538 g/mol. The van der Waals surface area contributed by atoms with E-state index in [1.807, 2.05) is 41.6 Å². The first-order chi connectivity index (χ1) is 14.3. The van der Waals surface area contributed by atoms with E-state index in [4.69, 9.17) is 4.74 Å². The summed E-state index contributed by atoms with van der Waals surface area (Å²) in [5.74, 6) is -0.667. The van der Waals surface area contributed by atoms with Crippen molar-refractivity contribution in [3.63, 3.8) is 0 Å². The molecule has 0 bridgehead atoms. The number of imide groups is 1. The Bertz CT molecular complexity index is 1050. The van der Waals surface area contributed by atoms with Crippen LogP contribution in [0.1, 0.15) is 18.1 Å². The van der Waals surface area contributed by atoms with Crippen molar-refractivity contribution in [1.29, 1.82) is 0 Å². The maximum Gasteiger partial charge on any atom is 0.294 e. The molecule has 1 saturated heterocycles. The first-order valence-electron chi connectivity index (χ1n) is 9.06. The summed E-state index contributed by atoms with van der Waals surface area (Å²) in [6.07, 6.45) is 1.55. The number of aryl methyl sites for hydroxylation is 1. The third kappa shape index (κ3) is 4.96. The van der Waals surface area contributed by atoms with Gasteiger partial charge in [0.05, 0.1) is 15.1 Å². The van der Waals surface area contributed by atoms with E-state index in [9.17, 15) is 19.5 Å². The van der Waals surface area contributed by atoms with Crippen molar-refractivity contribution in [3.05, 3.63) is 56.0 Å². The molecule has 0 atom stereocenters. The van der Waals surface area contributed by atoms with Gasteiger partial charge in [0.15, 0.2) is 11.5 Å². The molecule has 9 heteroatoms. The molecule has 1 fully saturated rings. The van der Waals surface area contributed by atoms with Gasteiger partial charge in [0.25, 0.3) is 11.1 Å². The lowest BCUT2D eigenvalue weighted by Gasteiger charge is -2.13. The predicted octanol–water partition coefficient (Wildman–Crippen LogP) is 4.38. The average molecular weight is 538 g/mol. The van der Waals surface area contributed by atoms with Crippen molar-refractivity contribution in [2.24, 2.45) is 0 Å². The van der Waals surface area contributed by atoms with Crippen molar-refractivity contribution in [3.8, 4) is 11.5 Å². The molecular formula is C21H19IN2O5S. The molecule has 0 aromatic heterocycles. The van der Waals surface area contributed by atoms with Gasteiger partial charge >= 0.3 is 0 Å². The smallest absolute Gasteiger partial charge is 0.294 e. The van der Waals surface area contributed by atoms with E-state index in [0.29, 0.717) is 27.2 Å². The average Bonchev–Trinajstić information content (AvgIpc) is 2.95. The minimum atomic E-state index is -0.536. The zero-order valence-corrected chi connectivity index (χ0v) is 19.2. The van der Waals surface area contributed by atoms with Crippen LogP contribution in [-0.4, -0.2) is 40.2 Å². The van der Waals surface area contributed by atoms with Crippen molar-refractivity contribution in [2.45, 2.75) is 13.8 Å². The second-order valence-corrected chi connectivity index (χ2v) is 8.57. The third-order valence-corrected chi connectivity index (χ3v) is 5.97. The van der Waals surface area contributed by atoms with E-state index in [1.165, 1.54) is 0 Å². The maximum atomic E-state index is 12.7. The minimum absolute atomic E-state index is 0.0237. The lowest BCUT2D eigenvalue weighted by molar-refractivity contribution is -0.127. The number of para-hydroxylation sites is 1. The Morgan fingerprint density at radius 2 is 2.03 bits per heavy atom. The number of phenols is 1. The highest BCUT2D eigenvalue weighted by molar-refractivity contribution is 14.1. The molecule has 156 valence electrons. The number of nitrogens with zero attached hydrogens (tertiary/aromatic N) is 1. The molecule has 0 unspecified atom stereocenters. The van der Waals surface area contributed by atoms with Gasteiger partial charge in [-0.3, -0.25) is 19.3 Å². The van der Waals surface area contributed by atoms with E-state index < -0.39 is 17.1 Å². The van der Waals surface area contributed by atoms with Crippen LogP contribution in [0.25, 0.3) is 6.08 Å². The molecule has 1 heterocycles. The van der Waals surface area contributed by atoms with E-state index >= 15 is 0 Å². The zero-order chi connectivity index (χ0) is 21.8. The fraction of sp³-hybridized carbons (Fsp3) is 0.190. The number of phenolic OH excluding ortho intramolecular Hbond substituents is 1. The minimum Gasteiger partial charge on any atom is -0.504 e. The first kappa shape index (κ1) is 22.2. The van der Waals surface area contributed by atoms with Gasteiger partial charge < -0.3 is 15.2 Å². The van der Waals surface area contributed by atoms with Crippen LogP contribution in [0.15, 0.2) is 41.3 Å². The maximum absolute atomic E-state index is 12.7. The highest BCUT2D eigenvalue weighted by Crippen LogP contribution is 2.36. The van der Waals surface area contributed by atoms with Crippen molar-refractivity contribution < 1.29 is 24.2 Å². The number of carbonyl (C=O) groups is 3. The van der Waals surface area contributed by atoms with E-state index in [0.717, 1.165) is 22.2 Å². The highest BCUT2D eigenvalue weighted by Gasteiger charge is 2.36. The summed E-state index contributed by atoms with van der Waals surface area (Å²) >= 11 is 2.73. The number of hydrogen-bond acceptors (Lipinski definition) is 6. The molecule has 2 aromatic rings. The Hall–Kier alpha value is -2.53. The summed E-state index contributed by atoms with van der Waals surface area (Å²) in [5, 5.41) is 12.3. The van der Waals surface area contributed by atoms with Gasteiger partial charge in [-0.1, -0.05) is 18.2 Å². The van der Waals surface area contributed by atoms with Crippen LogP contribution >= 0.6 is 34.4 Å². The number of benzene rings is 2. The Labute approximate surface area is 191 Å². The van der Waals surface area contributed by atoms with Crippen LogP contribution in [0.4, 0.5) is 10.5 Å². The molecule has 0 radical (unpaired) electrons. The molecule has 7 nitrogen and oxygen atoms in total. The van der Waals surface area contributed by atoms with Crippen LogP contribution in [-0.2, 0) is 9.59 Å². The van der Waals surface area contributed by atoms with Gasteiger partial charge in [0.1, 0.15) is 6.54 Å². The van der Waals surface area contributed by atoms with Crippen LogP contribution < -0.4 is 10.1 Å². The normalized spacial score (nSPS) is 15.0. The van der Waals surface area contributed by atoms with Gasteiger partial charge in [-0.25, -0.2) is 0 Å². The molecule has 0 saturated carbocycles. The molecule has 0 aliphatic carbocycles. The molecule has 1 aliphatic rings. The summed E-state index contributed by atoms with van der Waals surface area (Å²) in [5.41, 5.74) is 2.12. The molecule has 3 rings (SSSR count). The van der Waals surface area contributed by atoms with E-state index in [1.54, 1.807) is 37.3 Å². The van der Waals surface area contributed by atoms with Crippen LogP contribution in [0.2, 0.25) is 0 Å². The molecule has 3 amide bonds. The Morgan fingerprint density at radius 3 is 2.73 bits per heavy atom.